The molecule has 0 saturated heterocycles. The van der Waals surface area contributed by atoms with Crippen LogP contribution in [0.3, 0.4) is 0 Å². The predicted molar refractivity (Wildman–Crippen MR) is 193 cm³/mol. The van der Waals surface area contributed by atoms with Crippen LogP contribution in [0.4, 0.5) is 34.3 Å². The zero-order chi connectivity index (χ0) is 30.5. The highest BCUT2D eigenvalue weighted by Crippen LogP contribution is 2.47. The number of hydrogen-bond acceptors (Lipinski definition) is 4. The Bertz CT molecular complexity index is 2430. The molecule has 4 heteroatoms. The van der Waals surface area contributed by atoms with Crippen LogP contribution in [0.2, 0.25) is 0 Å². The summed E-state index contributed by atoms with van der Waals surface area (Å²) in [4.78, 5) is 13.9. The molecule has 216 valence electrons. The molecule has 0 atom stereocenters. The number of para-hydroxylation sites is 2. The second-order valence-corrected chi connectivity index (χ2v) is 11.5. The van der Waals surface area contributed by atoms with Crippen molar-refractivity contribution >= 4 is 77.3 Å². The number of benzene rings is 7. The number of hydrogen-bond donors (Lipinski definition) is 0. The van der Waals surface area contributed by atoms with Gasteiger partial charge in [0.2, 0.25) is 0 Å². The smallest absolute Gasteiger partial charge is 0.145 e. The van der Waals surface area contributed by atoms with E-state index < -0.39 is 0 Å². The van der Waals surface area contributed by atoms with Crippen molar-refractivity contribution in [1.82, 2.24) is 9.97 Å². The van der Waals surface area contributed by atoms with E-state index in [0.717, 1.165) is 45.0 Å². The first-order chi connectivity index (χ1) is 22.8. The van der Waals surface area contributed by atoms with Gasteiger partial charge in [-0.05, 0) is 81.5 Å². The van der Waals surface area contributed by atoms with Gasteiger partial charge in [0, 0.05) is 51.8 Å². The molecule has 0 radical (unpaired) electrons. The third-order valence-corrected chi connectivity index (χ3v) is 8.91. The van der Waals surface area contributed by atoms with E-state index in [2.05, 4.69) is 166 Å². The SMILES string of the molecule is c1ccc(N(c2ccncc2)c2ccc3ccc4c(N(c5ccccc5)c5nccc6ccccc56)ccc5ccc2c3c54)cc1. The molecule has 0 N–H and O–H groups in total. The largest absolute Gasteiger partial charge is 0.310 e. The summed E-state index contributed by atoms with van der Waals surface area (Å²) in [5, 5.41) is 9.57. The highest BCUT2D eigenvalue weighted by molar-refractivity contribution is 6.28. The molecule has 0 saturated carbocycles. The van der Waals surface area contributed by atoms with Crippen LogP contribution >= 0.6 is 0 Å². The molecule has 0 aliphatic heterocycles. The van der Waals surface area contributed by atoms with Gasteiger partial charge in [-0.15, -0.1) is 0 Å². The first-order valence-corrected chi connectivity index (χ1v) is 15.5. The summed E-state index contributed by atoms with van der Waals surface area (Å²) in [5.41, 5.74) is 5.45. The highest BCUT2D eigenvalue weighted by atomic mass is 15.2. The Morgan fingerprint density at radius 1 is 0.348 bits per heavy atom. The third kappa shape index (κ3) is 4.15. The van der Waals surface area contributed by atoms with Crippen molar-refractivity contribution in [1.29, 1.82) is 0 Å². The summed E-state index contributed by atoms with van der Waals surface area (Å²) in [6.45, 7) is 0. The minimum Gasteiger partial charge on any atom is -0.310 e. The van der Waals surface area contributed by atoms with Gasteiger partial charge in [0.25, 0.3) is 0 Å². The van der Waals surface area contributed by atoms with Gasteiger partial charge in [-0.3, -0.25) is 9.88 Å². The van der Waals surface area contributed by atoms with Crippen LogP contribution in [0.25, 0.3) is 43.1 Å². The topological polar surface area (TPSA) is 32.3 Å². The van der Waals surface area contributed by atoms with E-state index in [1.54, 1.807) is 0 Å². The number of rotatable bonds is 6. The maximum atomic E-state index is 4.99. The van der Waals surface area contributed by atoms with Crippen molar-refractivity contribution in [2.45, 2.75) is 0 Å². The Hall–Kier alpha value is -6.26. The monoisotopic (exact) mass is 588 g/mol. The van der Waals surface area contributed by atoms with Crippen LogP contribution in [-0.2, 0) is 0 Å². The number of anilines is 6. The van der Waals surface area contributed by atoms with Crippen LogP contribution in [-0.4, -0.2) is 9.97 Å². The second kappa shape index (κ2) is 10.7. The van der Waals surface area contributed by atoms with Gasteiger partial charge in [0.05, 0.1) is 11.4 Å². The Labute approximate surface area is 266 Å². The average Bonchev–Trinajstić information content (AvgIpc) is 3.13. The summed E-state index contributed by atoms with van der Waals surface area (Å²) in [6.07, 6.45) is 5.62. The van der Waals surface area contributed by atoms with Gasteiger partial charge in [0.15, 0.2) is 0 Å². The normalized spacial score (nSPS) is 11.5. The third-order valence-electron chi connectivity index (χ3n) is 8.91. The minimum absolute atomic E-state index is 0.910. The lowest BCUT2D eigenvalue weighted by molar-refractivity contribution is 1.21. The summed E-state index contributed by atoms with van der Waals surface area (Å²) >= 11 is 0. The maximum Gasteiger partial charge on any atom is 0.145 e. The summed E-state index contributed by atoms with van der Waals surface area (Å²) < 4.78 is 0. The fourth-order valence-electron chi connectivity index (χ4n) is 6.89. The van der Waals surface area contributed by atoms with E-state index in [9.17, 15) is 0 Å². The first kappa shape index (κ1) is 26.2. The molecule has 0 aliphatic rings. The molecular weight excluding hydrogens is 560 g/mol. The lowest BCUT2D eigenvalue weighted by atomic mass is 9.91. The summed E-state index contributed by atoms with van der Waals surface area (Å²) in [5.74, 6) is 0.910. The van der Waals surface area contributed by atoms with Gasteiger partial charge < -0.3 is 4.90 Å². The number of nitrogens with zero attached hydrogens (tertiary/aromatic N) is 4. The Morgan fingerprint density at radius 3 is 1.52 bits per heavy atom. The molecule has 0 unspecified atom stereocenters. The molecule has 46 heavy (non-hydrogen) atoms. The molecule has 0 aliphatic carbocycles. The van der Waals surface area contributed by atoms with E-state index in [-0.39, 0.29) is 0 Å². The van der Waals surface area contributed by atoms with Crippen molar-refractivity contribution in [3.63, 3.8) is 0 Å². The zero-order valence-electron chi connectivity index (χ0n) is 25.0. The van der Waals surface area contributed by atoms with Crippen LogP contribution in [0.15, 0.2) is 170 Å². The van der Waals surface area contributed by atoms with Gasteiger partial charge in [0.1, 0.15) is 5.82 Å². The maximum absolute atomic E-state index is 4.99. The van der Waals surface area contributed by atoms with Crippen LogP contribution in [0.1, 0.15) is 0 Å². The molecule has 2 aromatic heterocycles. The minimum atomic E-state index is 0.910. The molecule has 0 bridgehead atoms. The number of fused-ring (bicyclic) bond motifs is 1. The molecule has 0 amide bonds. The van der Waals surface area contributed by atoms with Gasteiger partial charge in [-0.25, -0.2) is 4.98 Å². The van der Waals surface area contributed by atoms with Crippen molar-refractivity contribution in [3.8, 4) is 0 Å². The molecule has 0 spiro atoms. The zero-order valence-corrected chi connectivity index (χ0v) is 25.0. The van der Waals surface area contributed by atoms with E-state index >= 15 is 0 Å². The van der Waals surface area contributed by atoms with Crippen LogP contribution in [0, 0.1) is 0 Å². The van der Waals surface area contributed by atoms with Crippen molar-refractivity contribution < 1.29 is 0 Å². The van der Waals surface area contributed by atoms with Crippen molar-refractivity contribution in [3.05, 3.63) is 170 Å². The van der Waals surface area contributed by atoms with Gasteiger partial charge in [-0.1, -0.05) is 97.1 Å². The predicted octanol–water partition coefficient (Wildman–Crippen LogP) is 11.5. The van der Waals surface area contributed by atoms with Gasteiger partial charge in [-0.2, -0.15) is 0 Å². The number of pyridine rings is 2. The average molecular weight is 589 g/mol. The second-order valence-electron chi connectivity index (χ2n) is 11.5. The Morgan fingerprint density at radius 2 is 0.870 bits per heavy atom. The van der Waals surface area contributed by atoms with E-state index in [1.807, 2.05) is 18.6 Å². The fourth-order valence-corrected chi connectivity index (χ4v) is 6.89. The Balaban J connectivity index is 1.34. The summed E-state index contributed by atoms with van der Waals surface area (Å²) in [6, 6.07) is 53.9. The molecule has 0 fully saturated rings. The summed E-state index contributed by atoms with van der Waals surface area (Å²) in [7, 11) is 0. The molecule has 2 heterocycles. The van der Waals surface area contributed by atoms with Gasteiger partial charge >= 0.3 is 0 Å². The molecular formula is C42H28N4. The number of aromatic nitrogens is 2. The molecule has 4 nitrogen and oxygen atoms in total. The van der Waals surface area contributed by atoms with Crippen molar-refractivity contribution in [2.24, 2.45) is 0 Å². The van der Waals surface area contributed by atoms with E-state index in [4.69, 9.17) is 4.98 Å². The lowest BCUT2D eigenvalue weighted by Gasteiger charge is -2.29. The fraction of sp³-hybridized carbons (Fsp3) is 0. The molecule has 9 rings (SSSR count). The van der Waals surface area contributed by atoms with E-state index in [0.29, 0.717) is 0 Å². The highest BCUT2D eigenvalue weighted by Gasteiger charge is 2.22. The molecule has 9 aromatic rings. The Kier molecular flexibility index (Phi) is 6.10. The van der Waals surface area contributed by atoms with Crippen molar-refractivity contribution in [2.75, 3.05) is 9.80 Å². The van der Waals surface area contributed by atoms with E-state index in [1.165, 1.54) is 32.3 Å². The van der Waals surface area contributed by atoms with Crippen LogP contribution in [0.5, 0.6) is 0 Å². The first-order valence-electron chi connectivity index (χ1n) is 15.5. The standard InChI is InChI=1S/C42H28N4/c1-3-10-32(11-4-1)45(34-24-26-43-27-25-34)38-21-17-30-16-20-37-39(22-18-31-15-19-36(38)40(30)41(31)37)46(33-12-5-2-6-13-33)42-35-14-8-7-9-29(35)23-28-44-42/h1-28H. The lowest BCUT2D eigenvalue weighted by Crippen LogP contribution is -2.13. The van der Waals surface area contributed by atoms with Crippen LogP contribution < -0.4 is 9.80 Å². The molecule has 7 aromatic carbocycles. The quantitative estimate of drug-likeness (QED) is 0.181.